The van der Waals surface area contributed by atoms with Crippen LogP contribution in [0.2, 0.25) is 5.02 Å². The van der Waals surface area contributed by atoms with E-state index in [1.54, 1.807) is 19.1 Å². The Hall–Kier alpha value is -2.40. The van der Waals surface area contributed by atoms with Gasteiger partial charge < -0.3 is 10.4 Å². The number of carbonyl (C=O) groups excluding carboxylic acids is 1. The minimum absolute atomic E-state index is 0.0646. The number of nitrogens with one attached hydrogen (secondary N) is 1. The molecule has 0 fully saturated rings. The third kappa shape index (κ3) is 2.95. The van der Waals surface area contributed by atoms with Crippen molar-refractivity contribution in [3.8, 4) is 0 Å². The number of hydrogen-bond donors (Lipinski definition) is 2. The predicted octanol–water partition coefficient (Wildman–Crippen LogP) is 2.99. The van der Waals surface area contributed by atoms with Gasteiger partial charge in [-0.1, -0.05) is 23.7 Å². The number of aryl methyl sites for hydroxylation is 1. The van der Waals surface area contributed by atoms with Gasteiger partial charge in [-0.2, -0.15) is 0 Å². The summed E-state index contributed by atoms with van der Waals surface area (Å²) in [7, 11) is 0. The summed E-state index contributed by atoms with van der Waals surface area (Å²) in [6.07, 6.45) is 1.35. The van der Waals surface area contributed by atoms with Crippen molar-refractivity contribution in [1.29, 1.82) is 0 Å². The van der Waals surface area contributed by atoms with E-state index in [2.05, 4.69) is 10.3 Å². The lowest BCUT2D eigenvalue weighted by Gasteiger charge is -2.10. The third-order valence-electron chi connectivity index (χ3n) is 2.69. The lowest BCUT2D eigenvalue weighted by molar-refractivity contribution is 0.0697. The second-order valence-electron chi connectivity index (χ2n) is 4.12. The summed E-state index contributed by atoms with van der Waals surface area (Å²) in [5, 5.41) is 12.1. The fourth-order valence-electron chi connectivity index (χ4n) is 1.75. The fraction of sp³-hybridized carbons (Fsp3) is 0.0714. The Balaban J connectivity index is 2.30. The van der Waals surface area contributed by atoms with Crippen LogP contribution in [0, 0.1) is 6.92 Å². The standard InChI is InChI=1S/C14H11ClN2O3/c1-8-3-2-4-10(12(8)14(19)20)17-13(18)11-6-5-9(15)7-16-11/h2-7H,1H3,(H,17,18)(H,19,20). The number of pyridine rings is 1. The minimum Gasteiger partial charge on any atom is -0.478 e. The molecule has 1 aromatic carbocycles. The highest BCUT2D eigenvalue weighted by molar-refractivity contribution is 6.30. The van der Waals surface area contributed by atoms with E-state index in [0.29, 0.717) is 10.6 Å². The second kappa shape index (κ2) is 5.71. The zero-order chi connectivity index (χ0) is 14.7. The summed E-state index contributed by atoms with van der Waals surface area (Å²) in [6, 6.07) is 7.88. The zero-order valence-corrected chi connectivity index (χ0v) is 11.3. The zero-order valence-electron chi connectivity index (χ0n) is 10.6. The van der Waals surface area contributed by atoms with Crippen LogP contribution in [0.15, 0.2) is 36.5 Å². The molecule has 20 heavy (non-hydrogen) atoms. The molecule has 1 heterocycles. The van der Waals surface area contributed by atoms with E-state index in [9.17, 15) is 14.7 Å². The molecule has 2 aromatic rings. The number of benzene rings is 1. The summed E-state index contributed by atoms with van der Waals surface area (Å²) in [5.41, 5.74) is 1.03. The summed E-state index contributed by atoms with van der Waals surface area (Å²) >= 11 is 5.69. The van der Waals surface area contributed by atoms with E-state index in [-0.39, 0.29) is 16.9 Å². The van der Waals surface area contributed by atoms with Crippen LogP contribution in [-0.4, -0.2) is 22.0 Å². The Morgan fingerprint density at radius 1 is 1.25 bits per heavy atom. The molecule has 0 unspecified atom stereocenters. The van der Waals surface area contributed by atoms with Crippen LogP contribution in [0.25, 0.3) is 0 Å². The van der Waals surface area contributed by atoms with Gasteiger partial charge in [-0.15, -0.1) is 0 Å². The van der Waals surface area contributed by atoms with Gasteiger partial charge in [-0.25, -0.2) is 9.78 Å². The molecule has 0 aliphatic heterocycles. The van der Waals surface area contributed by atoms with E-state index in [4.69, 9.17) is 11.6 Å². The smallest absolute Gasteiger partial charge is 0.338 e. The number of carboxylic acids is 1. The van der Waals surface area contributed by atoms with Gasteiger partial charge in [0.2, 0.25) is 0 Å². The van der Waals surface area contributed by atoms with Crippen LogP contribution in [0.4, 0.5) is 5.69 Å². The van der Waals surface area contributed by atoms with Crippen molar-refractivity contribution < 1.29 is 14.7 Å². The van der Waals surface area contributed by atoms with Crippen LogP contribution in [0.1, 0.15) is 26.4 Å². The summed E-state index contributed by atoms with van der Waals surface area (Å²) < 4.78 is 0. The summed E-state index contributed by atoms with van der Waals surface area (Å²) in [5.74, 6) is -1.59. The maximum atomic E-state index is 12.0. The number of aromatic carboxylic acids is 1. The van der Waals surface area contributed by atoms with Gasteiger partial charge in [0.05, 0.1) is 16.3 Å². The van der Waals surface area contributed by atoms with Crippen LogP contribution in [0.5, 0.6) is 0 Å². The van der Waals surface area contributed by atoms with Crippen LogP contribution < -0.4 is 5.32 Å². The summed E-state index contributed by atoms with van der Waals surface area (Å²) in [4.78, 5) is 27.1. The molecule has 0 aliphatic carbocycles. The highest BCUT2D eigenvalue weighted by atomic mass is 35.5. The van der Waals surface area contributed by atoms with E-state index in [1.165, 1.54) is 24.4 Å². The lowest BCUT2D eigenvalue weighted by atomic mass is 10.1. The first kappa shape index (κ1) is 14.0. The van der Waals surface area contributed by atoms with Crippen LogP contribution >= 0.6 is 11.6 Å². The quantitative estimate of drug-likeness (QED) is 0.911. The number of rotatable bonds is 3. The molecule has 0 atom stereocenters. The monoisotopic (exact) mass is 290 g/mol. The van der Waals surface area contributed by atoms with Gasteiger partial charge in [-0.3, -0.25) is 4.79 Å². The van der Waals surface area contributed by atoms with Crippen molar-refractivity contribution in [3.05, 3.63) is 58.4 Å². The SMILES string of the molecule is Cc1cccc(NC(=O)c2ccc(Cl)cn2)c1C(=O)O. The molecule has 1 amide bonds. The van der Waals surface area contributed by atoms with Gasteiger partial charge in [0, 0.05) is 6.20 Å². The highest BCUT2D eigenvalue weighted by Crippen LogP contribution is 2.20. The predicted molar refractivity (Wildman–Crippen MR) is 75.3 cm³/mol. The first-order valence-electron chi connectivity index (χ1n) is 5.75. The number of aromatic nitrogens is 1. The Morgan fingerprint density at radius 2 is 2.00 bits per heavy atom. The van der Waals surface area contributed by atoms with Gasteiger partial charge >= 0.3 is 5.97 Å². The van der Waals surface area contributed by atoms with Gasteiger partial charge in [0.1, 0.15) is 5.69 Å². The molecular formula is C14H11ClN2O3. The molecule has 102 valence electrons. The topological polar surface area (TPSA) is 79.3 Å². The Morgan fingerprint density at radius 3 is 2.60 bits per heavy atom. The van der Waals surface area contributed by atoms with Crippen LogP contribution in [-0.2, 0) is 0 Å². The molecule has 1 aromatic heterocycles. The number of nitrogens with zero attached hydrogens (tertiary/aromatic N) is 1. The molecule has 6 heteroatoms. The Bertz CT molecular complexity index is 669. The fourth-order valence-corrected chi connectivity index (χ4v) is 1.86. The van der Waals surface area contributed by atoms with Crippen molar-refractivity contribution in [2.45, 2.75) is 6.92 Å². The lowest BCUT2D eigenvalue weighted by Crippen LogP contribution is -2.16. The average Bonchev–Trinajstić information content (AvgIpc) is 2.39. The minimum atomic E-state index is -1.09. The maximum absolute atomic E-state index is 12.0. The molecule has 0 spiro atoms. The molecular weight excluding hydrogens is 280 g/mol. The number of hydrogen-bond acceptors (Lipinski definition) is 3. The Labute approximate surface area is 120 Å². The van der Waals surface area contributed by atoms with Crippen molar-refractivity contribution in [1.82, 2.24) is 4.98 Å². The van der Waals surface area contributed by atoms with Crippen molar-refractivity contribution in [2.24, 2.45) is 0 Å². The number of carbonyl (C=O) groups is 2. The largest absolute Gasteiger partial charge is 0.478 e. The van der Waals surface area contributed by atoms with E-state index in [0.717, 1.165) is 0 Å². The van der Waals surface area contributed by atoms with Gasteiger partial charge in [0.15, 0.2) is 0 Å². The molecule has 0 bridgehead atoms. The highest BCUT2D eigenvalue weighted by Gasteiger charge is 2.16. The number of carboxylic acid groups (broad SMARTS) is 1. The normalized spacial score (nSPS) is 10.1. The third-order valence-corrected chi connectivity index (χ3v) is 2.92. The summed E-state index contributed by atoms with van der Waals surface area (Å²) in [6.45, 7) is 1.67. The van der Waals surface area contributed by atoms with E-state index >= 15 is 0 Å². The molecule has 0 saturated heterocycles. The number of halogens is 1. The molecule has 2 N–H and O–H groups in total. The first-order valence-corrected chi connectivity index (χ1v) is 6.12. The molecule has 5 nitrogen and oxygen atoms in total. The van der Waals surface area contributed by atoms with E-state index in [1.807, 2.05) is 0 Å². The molecule has 2 rings (SSSR count). The van der Waals surface area contributed by atoms with Crippen molar-refractivity contribution in [2.75, 3.05) is 5.32 Å². The van der Waals surface area contributed by atoms with Gasteiger partial charge in [0.25, 0.3) is 5.91 Å². The first-order chi connectivity index (χ1) is 9.49. The maximum Gasteiger partial charge on any atom is 0.338 e. The molecule has 0 radical (unpaired) electrons. The van der Waals surface area contributed by atoms with Crippen molar-refractivity contribution in [3.63, 3.8) is 0 Å². The van der Waals surface area contributed by atoms with Crippen molar-refractivity contribution >= 4 is 29.2 Å². The average molecular weight is 291 g/mol. The Kier molecular flexibility index (Phi) is 4.00. The number of anilines is 1. The number of amides is 1. The second-order valence-corrected chi connectivity index (χ2v) is 4.55. The van der Waals surface area contributed by atoms with E-state index < -0.39 is 11.9 Å². The molecule has 0 saturated carbocycles. The molecule has 0 aliphatic rings. The van der Waals surface area contributed by atoms with Gasteiger partial charge in [-0.05, 0) is 30.7 Å². The van der Waals surface area contributed by atoms with Crippen LogP contribution in [0.3, 0.4) is 0 Å².